The van der Waals surface area contributed by atoms with Crippen LogP contribution in [-0.4, -0.2) is 28.3 Å². The number of hydrogen-bond acceptors (Lipinski definition) is 5. The van der Waals surface area contributed by atoms with E-state index in [9.17, 15) is 9.59 Å². The molecule has 5 nitrogen and oxygen atoms in total. The van der Waals surface area contributed by atoms with E-state index in [0.29, 0.717) is 21.9 Å². The van der Waals surface area contributed by atoms with Crippen LogP contribution < -0.4 is 10.5 Å². The molecule has 4 aromatic rings. The molecule has 0 atom stereocenters. The van der Waals surface area contributed by atoms with Gasteiger partial charge in [0.1, 0.15) is 4.70 Å². The zero-order valence-electron chi connectivity index (χ0n) is 18.6. The number of benzene rings is 2. The van der Waals surface area contributed by atoms with E-state index in [1.54, 1.807) is 16.5 Å². The van der Waals surface area contributed by atoms with Gasteiger partial charge in [0, 0.05) is 12.7 Å². The van der Waals surface area contributed by atoms with Crippen molar-refractivity contribution in [2.75, 3.05) is 17.7 Å². The third kappa shape index (κ3) is 4.64. The van der Waals surface area contributed by atoms with Gasteiger partial charge >= 0.3 is 0 Å². The van der Waals surface area contributed by atoms with Crippen molar-refractivity contribution in [1.82, 2.24) is 9.55 Å². The molecule has 2 aromatic heterocycles. The fourth-order valence-corrected chi connectivity index (χ4v) is 5.15. The first-order valence-electron chi connectivity index (χ1n) is 10.3. The van der Waals surface area contributed by atoms with Crippen LogP contribution in [0.25, 0.3) is 10.2 Å². The zero-order chi connectivity index (χ0) is 22.8. The predicted molar refractivity (Wildman–Crippen MR) is 134 cm³/mol. The molecule has 7 heteroatoms. The number of rotatable bonds is 6. The van der Waals surface area contributed by atoms with E-state index in [0.717, 1.165) is 16.8 Å². The molecular weight excluding hydrogens is 438 g/mol. The first kappa shape index (κ1) is 22.3. The van der Waals surface area contributed by atoms with E-state index in [-0.39, 0.29) is 17.2 Å². The number of carbonyl (C=O) groups excluding carboxylic acids is 1. The van der Waals surface area contributed by atoms with Crippen molar-refractivity contribution in [3.05, 3.63) is 86.5 Å². The second-order valence-electron chi connectivity index (χ2n) is 7.92. The summed E-state index contributed by atoms with van der Waals surface area (Å²) in [5.41, 5.74) is 6.00. The molecule has 32 heavy (non-hydrogen) atoms. The molecule has 0 unspecified atom stereocenters. The molecule has 2 aromatic carbocycles. The van der Waals surface area contributed by atoms with Gasteiger partial charge in [-0.25, -0.2) is 4.98 Å². The second kappa shape index (κ2) is 9.30. The van der Waals surface area contributed by atoms with Crippen LogP contribution in [0.1, 0.15) is 22.3 Å². The number of amides is 1. The number of fused-ring (bicyclic) bond motifs is 1. The molecule has 1 amide bonds. The minimum Gasteiger partial charge on any atom is -0.315 e. The molecule has 0 aliphatic rings. The summed E-state index contributed by atoms with van der Waals surface area (Å²) in [5.74, 6) is 0.150. The van der Waals surface area contributed by atoms with Gasteiger partial charge in [-0.05, 0) is 66.6 Å². The molecule has 2 heterocycles. The van der Waals surface area contributed by atoms with Crippen molar-refractivity contribution in [2.45, 2.75) is 32.5 Å². The smallest absolute Gasteiger partial charge is 0.272 e. The summed E-state index contributed by atoms with van der Waals surface area (Å²) in [4.78, 5) is 32.5. The van der Waals surface area contributed by atoms with Gasteiger partial charge in [-0.15, -0.1) is 11.3 Å². The fraction of sp³-hybridized carbons (Fsp3) is 0.240. The van der Waals surface area contributed by atoms with Gasteiger partial charge in [-0.3, -0.25) is 14.2 Å². The number of aryl methyl sites for hydroxylation is 3. The Morgan fingerprint density at radius 2 is 1.91 bits per heavy atom. The minimum atomic E-state index is -0.0646. The van der Waals surface area contributed by atoms with Gasteiger partial charge in [-0.1, -0.05) is 42.1 Å². The SMILES string of the molecule is Cc1cccc(N(C)C(=O)CSc2nc3ccsc3c(=O)n2Cc2ccc(C)c(C)c2)c1. The number of hydrogen-bond donors (Lipinski definition) is 0. The summed E-state index contributed by atoms with van der Waals surface area (Å²) in [6.45, 7) is 6.56. The molecule has 4 rings (SSSR count). The molecule has 0 bridgehead atoms. The maximum atomic E-state index is 13.2. The standard InChI is InChI=1S/C25H25N3O2S2/c1-16-6-5-7-20(12-16)27(4)22(29)15-32-25-26-21-10-11-31-23(21)24(30)28(25)14-19-9-8-17(2)18(3)13-19/h5-13H,14-15H2,1-4H3. The highest BCUT2D eigenvalue weighted by molar-refractivity contribution is 7.99. The number of thioether (sulfide) groups is 1. The average Bonchev–Trinajstić information content (AvgIpc) is 3.25. The highest BCUT2D eigenvalue weighted by atomic mass is 32.2. The molecule has 0 saturated carbocycles. The summed E-state index contributed by atoms with van der Waals surface area (Å²) in [6.07, 6.45) is 0. The Bertz CT molecular complexity index is 1360. The fourth-order valence-electron chi connectivity index (χ4n) is 3.46. The first-order valence-corrected chi connectivity index (χ1v) is 12.2. The normalized spacial score (nSPS) is 11.1. The van der Waals surface area contributed by atoms with Crippen molar-refractivity contribution >= 4 is 44.9 Å². The van der Waals surface area contributed by atoms with Crippen LogP contribution in [0.15, 0.2) is 63.9 Å². The third-order valence-corrected chi connectivity index (χ3v) is 7.38. The summed E-state index contributed by atoms with van der Waals surface area (Å²) in [7, 11) is 1.77. The molecule has 0 fully saturated rings. The lowest BCUT2D eigenvalue weighted by atomic mass is 10.1. The summed E-state index contributed by atoms with van der Waals surface area (Å²) < 4.78 is 2.33. The van der Waals surface area contributed by atoms with Crippen LogP contribution in [0.2, 0.25) is 0 Å². The van der Waals surface area contributed by atoms with E-state index >= 15 is 0 Å². The highest BCUT2D eigenvalue weighted by Crippen LogP contribution is 2.23. The Hall–Kier alpha value is -2.90. The second-order valence-corrected chi connectivity index (χ2v) is 9.78. The number of aromatic nitrogens is 2. The van der Waals surface area contributed by atoms with Gasteiger partial charge < -0.3 is 4.90 Å². The molecular formula is C25H25N3O2S2. The van der Waals surface area contributed by atoms with Gasteiger partial charge in [0.2, 0.25) is 5.91 Å². The first-order chi connectivity index (χ1) is 15.3. The maximum Gasteiger partial charge on any atom is 0.272 e. The Morgan fingerprint density at radius 3 is 2.66 bits per heavy atom. The van der Waals surface area contributed by atoms with Crippen LogP contribution in [0.4, 0.5) is 5.69 Å². The van der Waals surface area contributed by atoms with E-state index < -0.39 is 0 Å². The van der Waals surface area contributed by atoms with Crippen molar-refractivity contribution < 1.29 is 4.79 Å². The largest absolute Gasteiger partial charge is 0.315 e. The highest BCUT2D eigenvalue weighted by Gasteiger charge is 2.17. The number of anilines is 1. The van der Waals surface area contributed by atoms with Crippen molar-refractivity contribution in [1.29, 1.82) is 0 Å². The Balaban J connectivity index is 1.62. The minimum absolute atomic E-state index is 0.0435. The average molecular weight is 464 g/mol. The van der Waals surface area contributed by atoms with Gasteiger partial charge in [-0.2, -0.15) is 0 Å². The molecule has 0 aliphatic carbocycles. The molecule has 0 radical (unpaired) electrons. The van der Waals surface area contributed by atoms with Crippen molar-refractivity contribution in [2.24, 2.45) is 0 Å². The Labute approximate surface area is 195 Å². The van der Waals surface area contributed by atoms with Crippen LogP contribution in [-0.2, 0) is 11.3 Å². The van der Waals surface area contributed by atoms with Crippen LogP contribution in [0, 0.1) is 20.8 Å². The number of carbonyl (C=O) groups is 1. The van der Waals surface area contributed by atoms with Gasteiger partial charge in [0.05, 0.1) is 17.8 Å². The molecule has 0 spiro atoms. The van der Waals surface area contributed by atoms with E-state index in [1.165, 1.54) is 34.2 Å². The molecule has 164 valence electrons. The van der Waals surface area contributed by atoms with Crippen molar-refractivity contribution in [3.8, 4) is 0 Å². The lowest BCUT2D eigenvalue weighted by Gasteiger charge is -2.18. The lowest BCUT2D eigenvalue weighted by molar-refractivity contribution is -0.115. The maximum absolute atomic E-state index is 13.2. The van der Waals surface area contributed by atoms with E-state index in [1.807, 2.05) is 48.7 Å². The quantitative estimate of drug-likeness (QED) is 0.292. The van der Waals surface area contributed by atoms with Crippen LogP contribution in [0.3, 0.4) is 0 Å². The van der Waals surface area contributed by atoms with E-state index in [4.69, 9.17) is 4.98 Å². The summed E-state index contributed by atoms with van der Waals surface area (Å²) >= 11 is 2.71. The number of nitrogens with zero attached hydrogens (tertiary/aromatic N) is 3. The monoisotopic (exact) mass is 463 g/mol. The molecule has 0 N–H and O–H groups in total. The number of thiophene rings is 1. The molecule has 0 saturated heterocycles. The Morgan fingerprint density at radius 1 is 1.09 bits per heavy atom. The van der Waals surface area contributed by atoms with Crippen molar-refractivity contribution in [3.63, 3.8) is 0 Å². The third-order valence-electron chi connectivity index (χ3n) is 5.53. The topological polar surface area (TPSA) is 55.2 Å². The lowest BCUT2D eigenvalue weighted by Crippen LogP contribution is -2.29. The Kier molecular flexibility index (Phi) is 6.48. The van der Waals surface area contributed by atoms with Gasteiger partial charge in [0.25, 0.3) is 5.56 Å². The van der Waals surface area contributed by atoms with Crippen LogP contribution >= 0.6 is 23.1 Å². The summed E-state index contributed by atoms with van der Waals surface area (Å²) in [5, 5.41) is 2.44. The van der Waals surface area contributed by atoms with E-state index in [2.05, 4.69) is 26.0 Å². The predicted octanol–water partition coefficient (Wildman–Crippen LogP) is 5.19. The summed E-state index contributed by atoms with van der Waals surface area (Å²) in [6, 6.07) is 15.9. The van der Waals surface area contributed by atoms with Crippen LogP contribution in [0.5, 0.6) is 0 Å². The zero-order valence-corrected chi connectivity index (χ0v) is 20.2. The van der Waals surface area contributed by atoms with Gasteiger partial charge in [0.15, 0.2) is 5.16 Å². The molecule has 0 aliphatic heterocycles.